The zero-order valence-corrected chi connectivity index (χ0v) is 11.0. The molecular formula is C15H22FN. The van der Waals surface area contributed by atoms with Crippen molar-refractivity contribution >= 4 is 0 Å². The molecule has 1 fully saturated rings. The van der Waals surface area contributed by atoms with Crippen molar-refractivity contribution < 1.29 is 4.39 Å². The number of nitrogens with one attached hydrogen (secondary N) is 1. The van der Waals surface area contributed by atoms with Crippen LogP contribution >= 0.6 is 0 Å². The Morgan fingerprint density at radius 3 is 2.24 bits per heavy atom. The van der Waals surface area contributed by atoms with E-state index < -0.39 is 0 Å². The van der Waals surface area contributed by atoms with Crippen LogP contribution in [-0.4, -0.2) is 6.54 Å². The minimum Gasteiger partial charge on any atom is -0.310 e. The van der Waals surface area contributed by atoms with Crippen LogP contribution in [0.4, 0.5) is 4.39 Å². The molecule has 0 radical (unpaired) electrons. The van der Waals surface area contributed by atoms with Crippen LogP contribution in [0.25, 0.3) is 0 Å². The summed E-state index contributed by atoms with van der Waals surface area (Å²) in [5.74, 6) is 0.581. The third-order valence-corrected chi connectivity index (χ3v) is 4.25. The van der Waals surface area contributed by atoms with Gasteiger partial charge in [-0.3, -0.25) is 0 Å². The molecule has 0 aromatic heterocycles. The molecule has 1 atom stereocenters. The zero-order chi connectivity index (χ0) is 12.5. The lowest BCUT2D eigenvalue weighted by atomic mass is 9.92. The Hall–Kier alpha value is -0.890. The van der Waals surface area contributed by atoms with E-state index in [0.717, 1.165) is 18.0 Å². The van der Waals surface area contributed by atoms with Crippen LogP contribution in [0, 0.1) is 17.2 Å². The highest BCUT2D eigenvalue weighted by Gasteiger charge is 2.44. The molecule has 17 heavy (non-hydrogen) atoms. The normalized spacial score (nSPS) is 19.4. The molecular weight excluding hydrogens is 213 g/mol. The third kappa shape index (κ3) is 2.86. The van der Waals surface area contributed by atoms with E-state index in [4.69, 9.17) is 0 Å². The summed E-state index contributed by atoms with van der Waals surface area (Å²) in [7, 11) is 0. The van der Waals surface area contributed by atoms with Gasteiger partial charge in [0.15, 0.2) is 0 Å². The lowest BCUT2D eigenvalue weighted by Crippen LogP contribution is -2.29. The van der Waals surface area contributed by atoms with Gasteiger partial charge >= 0.3 is 0 Å². The van der Waals surface area contributed by atoms with E-state index in [0.29, 0.717) is 11.5 Å². The van der Waals surface area contributed by atoms with Crippen LogP contribution < -0.4 is 5.32 Å². The van der Waals surface area contributed by atoms with Gasteiger partial charge in [0, 0.05) is 12.6 Å². The number of rotatable bonds is 5. The molecule has 0 spiro atoms. The molecule has 0 bridgehead atoms. The number of benzene rings is 1. The van der Waals surface area contributed by atoms with Gasteiger partial charge in [-0.15, -0.1) is 0 Å². The van der Waals surface area contributed by atoms with Gasteiger partial charge in [-0.1, -0.05) is 26.0 Å². The highest BCUT2D eigenvalue weighted by Crippen LogP contribution is 2.51. The fourth-order valence-corrected chi connectivity index (χ4v) is 2.34. The van der Waals surface area contributed by atoms with Crippen molar-refractivity contribution in [3.63, 3.8) is 0 Å². The number of hydrogen-bond acceptors (Lipinski definition) is 1. The lowest BCUT2D eigenvalue weighted by Gasteiger charge is -2.23. The second-order valence-corrected chi connectivity index (χ2v) is 5.67. The first kappa shape index (κ1) is 12.6. The van der Waals surface area contributed by atoms with Crippen molar-refractivity contribution in [3.8, 4) is 0 Å². The molecule has 1 unspecified atom stereocenters. The molecule has 1 aliphatic carbocycles. The smallest absolute Gasteiger partial charge is 0.123 e. The van der Waals surface area contributed by atoms with Gasteiger partial charge in [0.2, 0.25) is 0 Å². The Balaban J connectivity index is 1.89. The maximum absolute atomic E-state index is 12.8. The first-order chi connectivity index (χ1) is 8.03. The van der Waals surface area contributed by atoms with Crippen LogP contribution in [0.3, 0.4) is 0 Å². The van der Waals surface area contributed by atoms with Crippen molar-refractivity contribution in [3.05, 3.63) is 35.6 Å². The molecule has 1 aromatic carbocycles. The fourth-order valence-electron chi connectivity index (χ4n) is 2.34. The molecule has 0 amide bonds. The molecule has 0 heterocycles. The van der Waals surface area contributed by atoms with Gasteiger partial charge < -0.3 is 5.32 Å². The van der Waals surface area contributed by atoms with Gasteiger partial charge in [-0.2, -0.15) is 0 Å². The van der Waals surface area contributed by atoms with Gasteiger partial charge in [0.05, 0.1) is 0 Å². The maximum atomic E-state index is 12.8. The summed E-state index contributed by atoms with van der Waals surface area (Å²) in [5.41, 5.74) is 1.68. The topological polar surface area (TPSA) is 12.0 Å². The Bertz CT molecular complexity index is 365. The first-order valence-electron chi connectivity index (χ1n) is 6.52. The summed E-state index contributed by atoms with van der Waals surface area (Å²) in [6.07, 6.45) is 2.68. The monoisotopic (exact) mass is 235 g/mol. The fraction of sp³-hybridized carbons (Fsp3) is 0.600. The van der Waals surface area contributed by atoms with Crippen molar-refractivity contribution in [2.45, 2.75) is 39.7 Å². The maximum Gasteiger partial charge on any atom is 0.123 e. The summed E-state index contributed by atoms with van der Waals surface area (Å²) in [5, 5.41) is 3.58. The first-order valence-corrected chi connectivity index (χ1v) is 6.52. The van der Waals surface area contributed by atoms with Crippen molar-refractivity contribution in [2.24, 2.45) is 11.3 Å². The molecule has 94 valence electrons. The molecule has 1 nitrogen and oxygen atoms in total. The van der Waals surface area contributed by atoms with E-state index in [1.54, 1.807) is 0 Å². The Labute approximate surface area is 103 Å². The van der Waals surface area contributed by atoms with Gasteiger partial charge in [0.25, 0.3) is 0 Å². The average Bonchev–Trinajstić information content (AvgIpc) is 3.08. The largest absolute Gasteiger partial charge is 0.310 e. The van der Waals surface area contributed by atoms with Crippen molar-refractivity contribution in [1.29, 1.82) is 0 Å². The summed E-state index contributed by atoms with van der Waals surface area (Å²) in [6, 6.07) is 7.09. The van der Waals surface area contributed by atoms with Crippen molar-refractivity contribution in [2.75, 3.05) is 6.54 Å². The molecule has 0 saturated heterocycles. The average molecular weight is 235 g/mol. The Morgan fingerprint density at radius 1 is 1.18 bits per heavy atom. The van der Waals surface area contributed by atoms with Crippen molar-refractivity contribution in [1.82, 2.24) is 5.32 Å². The second-order valence-electron chi connectivity index (χ2n) is 5.67. The zero-order valence-electron chi connectivity index (χ0n) is 11.0. The van der Waals surface area contributed by atoms with Crippen LogP contribution in [0.2, 0.25) is 0 Å². The van der Waals surface area contributed by atoms with E-state index >= 15 is 0 Å². The quantitative estimate of drug-likeness (QED) is 0.816. The van der Waals surface area contributed by atoms with Crippen LogP contribution in [0.1, 0.15) is 45.2 Å². The summed E-state index contributed by atoms with van der Waals surface area (Å²) in [6.45, 7) is 7.82. The summed E-state index contributed by atoms with van der Waals surface area (Å²) < 4.78 is 12.8. The minimum atomic E-state index is -0.165. The SMILES string of the molecule is CC(NCC1(C(C)C)CC1)c1ccc(F)cc1. The van der Waals surface area contributed by atoms with E-state index in [1.165, 1.54) is 25.0 Å². The van der Waals surface area contributed by atoms with Gasteiger partial charge in [0.1, 0.15) is 5.82 Å². The van der Waals surface area contributed by atoms with E-state index in [9.17, 15) is 4.39 Å². The second kappa shape index (κ2) is 4.77. The Morgan fingerprint density at radius 2 is 1.76 bits per heavy atom. The molecule has 2 heteroatoms. The predicted molar refractivity (Wildman–Crippen MR) is 69.3 cm³/mol. The third-order valence-electron chi connectivity index (χ3n) is 4.25. The molecule has 1 aliphatic rings. The molecule has 2 rings (SSSR count). The minimum absolute atomic E-state index is 0.165. The van der Waals surface area contributed by atoms with Gasteiger partial charge in [-0.05, 0) is 48.8 Å². The van der Waals surface area contributed by atoms with E-state index in [-0.39, 0.29) is 5.82 Å². The summed E-state index contributed by atoms with van der Waals surface area (Å²) >= 11 is 0. The molecule has 1 N–H and O–H groups in total. The Kier molecular flexibility index (Phi) is 3.53. The highest BCUT2D eigenvalue weighted by molar-refractivity contribution is 5.19. The lowest BCUT2D eigenvalue weighted by molar-refractivity contribution is 0.325. The van der Waals surface area contributed by atoms with E-state index in [2.05, 4.69) is 26.1 Å². The number of hydrogen-bond donors (Lipinski definition) is 1. The van der Waals surface area contributed by atoms with Crippen LogP contribution in [-0.2, 0) is 0 Å². The highest BCUT2D eigenvalue weighted by atomic mass is 19.1. The van der Waals surface area contributed by atoms with Crippen LogP contribution in [0.5, 0.6) is 0 Å². The van der Waals surface area contributed by atoms with E-state index in [1.807, 2.05) is 12.1 Å². The summed E-state index contributed by atoms with van der Waals surface area (Å²) in [4.78, 5) is 0. The standard InChI is InChI=1S/C15H22FN/c1-11(2)15(8-9-15)10-17-12(3)13-4-6-14(16)7-5-13/h4-7,11-12,17H,8-10H2,1-3H3. The van der Waals surface area contributed by atoms with Crippen LogP contribution in [0.15, 0.2) is 24.3 Å². The molecule has 1 saturated carbocycles. The molecule has 0 aliphatic heterocycles. The molecule has 1 aromatic rings. The van der Waals surface area contributed by atoms with Gasteiger partial charge in [-0.25, -0.2) is 4.39 Å². The predicted octanol–water partition coefficient (Wildman–Crippen LogP) is 3.91. The number of halogens is 1.